The Morgan fingerprint density at radius 3 is 2.29 bits per heavy atom. The van der Waals surface area contributed by atoms with Gasteiger partial charge in [0.25, 0.3) is 0 Å². The summed E-state index contributed by atoms with van der Waals surface area (Å²) in [6, 6.07) is 16.7. The number of nitro groups is 1. The molecule has 0 aliphatic carbocycles. The van der Waals surface area contributed by atoms with Gasteiger partial charge < -0.3 is 4.98 Å². The van der Waals surface area contributed by atoms with Crippen LogP contribution in [0.25, 0.3) is 12.2 Å². The number of aromatic amines is 2. The minimum absolute atomic E-state index is 0.170. The van der Waals surface area contributed by atoms with Crippen molar-refractivity contribution in [1.29, 1.82) is 0 Å². The molecule has 0 spiro atoms. The van der Waals surface area contributed by atoms with Gasteiger partial charge in [0.1, 0.15) is 5.69 Å². The molecule has 0 aliphatic rings. The molecule has 3 N–H and O–H groups in total. The van der Waals surface area contributed by atoms with Gasteiger partial charge in [-0.25, -0.2) is 4.79 Å². The monoisotopic (exact) mass is 377 g/mol. The molecule has 140 valence electrons. The minimum Gasteiger partial charge on any atom is -0.301 e. The SMILES string of the molecule is O=c1[nH]c(/C=C/c2ccc(/C=N/Nc3ccccc3)cc2)c([N+](=O)[O-])c(=O)[nH]1. The lowest BCUT2D eigenvalue weighted by molar-refractivity contribution is -0.386. The van der Waals surface area contributed by atoms with Gasteiger partial charge in [0.2, 0.25) is 0 Å². The molecular formula is C19H15N5O4. The molecule has 0 fully saturated rings. The molecule has 0 unspecified atom stereocenters. The van der Waals surface area contributed by atoms with Crippen LogP contribution in [0.3, 0.4) is 0 Å². The van der Waals surface area contributed by atoms with Crippen molar-refractivity contribution >= 4 is 29.7 Å². The number of nitrogens with one attached hydrogen (secondary N) is 3. The minimum atomic E-state index is -1.05. The predicted molar refractivity (Wildman–Crippen MR) is 107 cm³/mol. The van der Waals surface area contributed by atoms with Crippen LogP contribution in [0.15, 0.2) is 69.3 Å². The Morgan fingerprint density at radius 1 is 0.929 bits per heavy atom. The van der Waals surface area contributed by atoms with Crippen LogP contribution in [-0.4, -0.2) is 21.1 Å². The fourth-order valence-corrected chi connectivity index (χ4v) is 2.37. The highest BCUT2D eigenvalue weighted by atomic mass is 16.6. The standard InChI is InChI=1S/C19H15N5O4/c25-18-17(24(27)28)16(21-19(26)22-18)11-10-13-6-8-14(9-7-13)12-20-23-15-4-2-1-3-5-15/h1-12,23H,(H2,21,22,25,26)/b11-10+,20-12+. The highest BCUT2D eigenvalue weighted by molar-refractivity contribution is 5.81. The summed E-state index contributed by atoms with van der Waals surface area (Å²) in [6.45, 7) is 0. The van der Waals surface area contributed by atoms with E-state index in [4.69, 9.17) is 0 Å². The summed E-state index contributed by atoms with van der Waals surface area (Å²) in [4.78, 5) is 37.2. The molecule has 0 bridgehead atoms. The Labute approximate surface area is 158 Å². The van der Waals surface area contributed by atoms with E-state index in [2.05, 4.69) is 15.5 Å². The molecule has 9 nitrogen and oxygen atoms in total. The third-order valence-electron chi connectivity index (χ3n) is 3.69. The Morgan fingerprint density at radius 2 is 1.61 bits per heavy atom. The van der Waals surface area contributed by atoms with E-state index in [0.29, 0.717) is 0 Å². The van der Waals surface area contributed by atoms with Crippen LogP contribution in [0, 0.1) is 10.1 Å². The van der Waals surface area contributed by atoms with Gasteiger partial charge in [0.05, 0.1) is 16.8 Å². The first-order valence-corrected chi connectivity index (χ1v) is 8.16. The average Bonchev–Trinajstić information content (AvgIpc) is 2.67. The van der Waals surface area contributed by atoms with Crippen molar-refractivity contribution in [1.82, 2.24) is 9.97 Å². The molecule has 3 rings (SSSR count). The second-order valence-electron chi connectivity index (χ2n) is 5.66. The molecule has 0 radical (unpaired) electrons. The normalized spacial score (nSPS) is 11.1. The lowest BCUT2D eigenvalue weighted by Gasteiger charge is -1.99. The number of benzene rings is 2. The van der Waals surface area contributed by atoms with Gasteiger partial charge >= 0.3 is 16.9 Å². The van der Waals surface area contributed by atoms with E-state index in [1.807, 2.05) is 47.4 Å². The largest absolute Gasteiger partial charge is 0.357 e. The fourth-order valence-electron chi connectivity index (χ4n) is 2.37. The van der Waals surface area contributed by atoms with E-state index < -0.39 is 21.9 Å². The van der Waals surface area contributed by atoms with Crippen LogP contribution < -0.4 is 16.7 Å². The first kappa shape index (κ1) is 18.5. The van der Waals surface area contributed by atoms with Gasteiger partial charge in [-0.2, -0.15) is 5.10 Å². The maximum absolute atomic E-state index is 11.6. The van der Waals surface area contributed by atoms with Gasteiger partial charge in [0.15, 0.2) is 0 Å². The number of hydrazone groups is 1. The topological polar surface area (TPSA) is 133 Å². The Balaban J connectivity index is 1.73. The molecular weight excluding hydrogens is 362 g/mol. The predicted octanol–water partition coefficient (Wildman–Crippen LogP) is 2.59. The van der Waals surface area contributed by atoms with Crippen LogP contribution in [0.2, 0.25) is 0 Å². The number of anilines is 1. The van der Waals surface area contributed by atoms with Crippen molar-refractivity contribution in [2.75, 3.05) is 5.43 Å². The number of rotatable bonds is 6. The molecule has 28 heavy (non-hydrogen) atoms. The maximum Gasteiger partial charge on any atom is 0.357 e. The lowest BCUT2D eigenvalue weighted by atomic mass is 10.1. The van der Waals surface area contributed by atoms with Crippen LogP contribution in [0.1, 0.15) is 16.8 Å². The van der Waals surface area contributed by atoms with E-state index in [0.717, 1.165) is 16.8 Å². The third kappa shape index (κ3) is 4.67. The zero-order chi connectivity index (χ0) is 19.9. The quantitative estimate of drug-likeness (QED) is 0.345. The van der Waals surface area contributed by atoms with Gasteiger partial charge in [-0.1, -0.05) is 48.5 Å². The summed E-state index contributed by atoms with van der Waals surface area (Å²) >= 11 is 0. The fraction of sp³-hybridized carbons (Fsp3) is 0. The first-order chi connectivity index (χ1) is 13.5. The Kier molecular flexibility index (Phi) is 5.56. The number of para-hydroxylation sites is 1. The molecule has 2 aromatic carbocycles. The molecule has 0 aliphatic heterocycles. The molecule has 3 aromatic rings. The lowest BCUT2D eigenvalue weighted by Crippen LogP contribution is -2.25. The van der Waals surface area contributed by atoms with Gasteiger partial charge in [-0.3, -0.25) is 25.3 Å². The molecule has 0 atom stereocenters. The number of hydrogen-bond donors (Lipinski definition) is 3. The van der Waals surface area contributed by atoms with Gasteiger partial charge in [0, 0.05) is 0 Å². The van der Waals surface area contributed by atoms with Crippen molar-refractivity contribution in [3.8, 4) is 0 Å². The van der Waals surface area contributed by atoms with Crippen LogP contribution in [-0.2, 0) is 0 Å². The van der Waals surface area contributed by atoms with Crippen molar-refractivity contribution in [2.45, 2.75) is 0 Å². The van der Waals surface area contributed by atoms with Crippen molar-refractivity contribution in [3.63, 3.8) is 0 Å². The Bertz CT molecular complexity index is 1150. The molecule has 0 amide bonds. The summed E-state index contributed by atoms with van der Waals surface area (Å²) in [5.74, 6) is 0. The zero-order valence-electron chi connectivity index (χ0n) is 14.5. The van der Waals surface area contributed by atoms with Crippen molar-refractivity contribution in [2.24, 2.45) is 5.10 Å². The molecule has 0 saturated carbocycles. The van der Waals surface area contributed by atoms with Crippen LogP contribution in [0.4, 0.5) is 11.4 Å². The zero-order valence-corrected chi connectivity index (χ0v) is 14.5. The van der Waals surface area contributed by atoms with Crippen LogP contribution >= 0.6 is 0 Å². The average molecular weight is 377 g/mol. The molecule has 0 saturated heterocycles. The molecule has 1 aromatic heterocycles. The smallest absolute Gasteiger partial charge is 0.301 e. The number of H-pyrrole nitrogens is 2. The van der Waals surface area contributed by atoms with E-state index in [1.165, 1.54) is 6.08 Å². The highest BCUT2D eigenvalue weighted by Gasteiger charge is 2.18. The highest BCUT2D eigenvalue weighted by Crippen LogP contribution is 2.13. The van der Waals surface area contributed by atoms with Gasteiger partial charge in [-0.05, 0) is 29.3 Å². The van der Waals surface area contributed by atoms with Crippen molar-refractivity contribution < 1.29 is 4.92 Å². The summed E-state index contributed by atoms with van der Waals surface area (Å²) < 4.78 is 0. The second-order valence-corrected chi connectivity index (χ2v) is 5.66. The Hall–Kier alpha value is -4.27. The maximum atomic E-state index is 11.6. The first-order valence-electron chi connectivity index (χ1n) is 8.16. The third-order valence-corrected chi connectivity index (χ3v) is 3.69. The number of aromatic nitrogens is 2. The number of nitrogens with zero attached hydrogens (tertiary/aromatic N) is 2. The summed E-state index contributed by atoms with van der Waals surface area (Å²) in [5, 5.41) is 15.2. The van der Waals surface area contributed by atoms with Crippen molar-refractivity contribution in [3.05, 3.63) is 102 Å². The number of hydrogen-bond acceptors (Lipinski definition) is 6. The van der Waals surface area contributed by atoms with E-state index >= 15 is 0 Å². The van der Waals surface area contributed by atoms with E-state index in [9.17, 15) is 19.7 Å². The summed E-state index contributed by atoms with van der Waals surface area (Å²) in [6.07, 6.45) is 4.52. The van der Waals surface area contributed by atoms with Gasteiger partial charge in [-0.15, -0.1) is 0 Å². The van der Waals surface area contributed by atoms with E-state index in [1.54, 1.807) is 24.4 Å². The summed E-state index contributed by atoms with van der Waals surface area (Å²) in [5.41, 5.74) is 2.60. The second kappa shape index (κ2) is 8.41. The summed E-state index contributed by atoms with van der Waals surface area (Å²) in [7, 11) is 0. The van der Waals surface area contributed by atoms with Crippen LogP contribution in [0.5, 0.6) is 0 Å². The molecule has 9 heteroatoms. The van der Waals surface area contributed by atoms with E-state index in [-0.39, 0.29) is 5.69 Å². The molecule has 1 heterocycles.